The number of methoxy groups -OCH3 is 2. The van der Waals surface area contributed by atoms with Crippen molar-refractivity contribution in [3.63, 3.8) is 0 Å². The van der Waals surface area contributed by atoms with Crippen LogP contribution in [0, 0.1) is 5.92 Å². The molecule has 0 radical (unpaired) electrons. The summed E-state index contributed by atoms with van der Waals surface area (Å²) < 4.78 is 39.1. The van der Waals surface area contributed by atoms with Crippen LogP contribution in [0.3, 0.4) is 0 Å². The molecular formula is C24H28N2O5S. The van der Waals surface area contributed by atoms with E-state index >= 15 is 0 Å². The van der Waals surface area contributed by atoms with Gasteiger partial charge in [-0.25, -0.2) is 8.42 Å². The summed E-state index contributed by atoms with van der Waals surface area (Å²) in [5.41, 5.74) is 0.802. The standard InChI is InChI=1S/C24H28N2O5S/c1-16(2)23(24(27)25-15-17-9-12-21(30-3)22(13-17)31-4)26-32(28,29)20-11-10-18-7-5-6-8-19(18)14-20/h5-14,16,23,26H,15H2,1-4H3,(H,25,27)/t23-/m0/s1. The van der Waals surface area contributed by atoms with Crippen molar-refractivity contribution in [3.8, 4) is 11.5 Å². The second-order valence-electron chi connectivity index (χ2n) is 7.76. The average Bonchev–Trinajstić information content (AvgIpc) is 2.80. The molecule has 32 heavy (non-hydrogen) atoms. The minimum Gasteiger partial charge on any atom is -0.493 e. The molecule has 7 nitrogen and oxygen atoms in total. The van der Waals surface area contributed by atoms with Gasteiger partial charge in [-0.1, -0.05) is 50.2 Å². The predicted octanol–water partition coefficient (Wildman–Crippen LogP) is 3.48. The SMILES string of the molecule is COc1ccc(CNC(=O)[C@@H](NS(=O)(=O)c2ccc3ccccc3c2)C(C)C)cc1OC. The monoisotopic (exact) mass is 456 g/mol. The summed E-state index contributed by atoms with van der Waals surface area (Å²) >= 11 is 0. The van der Waals surface area contributed by atoms with E-state index in [1.165, 1.54) is 7.11 Å². The summed E-state index contributed by atoms with van der Waals surface area (Å²) in [7, 11) is -0.803. The van der Waals surface area contributed by atoms with Crippen LogP contribution in [0.25, 0.3) is 10.8 Å². The molecule has 2 N–H and O–H groups in total. The number of benzene rings is 3. The molecule has 0 aliphatic rings. The van der Waals surface area contributed by atoms with Crippen molar-refractivity contribution in [2.45, 2.75) is 31.3 Å². The first-order valence-electron chi connectivity index (χ1n) is 10.2. The van der Waals surface area contributed by atoms with E-state index in [0.717, 1.165) is 16.3 Å². The summed E-state index contributed by atoms with van der Waals surface area (Å²) in [6.07, 6.45) is 0. The van der Waals surface area contributed by atoms with Gasteiger partial charge in [0.25, 0.3) is 0 Å². The van der Waals surface area contributed by atoms with Gasteiger partial charge in [0, 0.05) is 6.54 Å². The molecular weight excluding hydrogens is 428 g/mol. The normalized spacial score (nSPS) is 12.5. The first kappa shape index (κ1) is 23.6. The third kappa shape index (κ3) is 5.38. The number of rotatable bonds is 9. The van der Waals surface area contributed by atoms with Gasteiger partial charge in [0.15, 0.2) is 11.5 Å². The van der Waals surface area contributed by atoms with Gasteiger partial charge in [-0.15, -0.1) is 0 Å². The van der Waals surface area contributed by atoms with E-state index in [2.05, 4.69) is 10.0 Å². The topological polar surface area (TPSA) is 93.7 Å². The van der Waals surface area contributed by atoms with Crippen molar-refractivity contribution in [1.29, 1.82) is 0 Å². The summed E-state index contributed by atoms with van der Waals surface area (Å²) in [5.74, 6) is 0.484. The smallest absolute Gasteiger partial charge is 0.241 e. The fraction of sp³-hybridized carbons (Fsp3) is 0.292. The zero-order chi connectivity index (χ0) is 23.3. The number of ether oxygens (including phenoxy) is 2. The first-order valence-corrected chi connectivity index (χ1v) is 11.7. The molecule has 0 fully saturated rings. The number of carbonyl (C=O) groups is 1. The number of carbonyl (C=O) groups excluding carboxylic acids is 1. The minimum absolute atomic E-state index is 0.120. The van der Waals surface area contributed by atoms with E-state index in [0.29, 0.717) is 11.5 Å². The number of hydrogen-bond acceptors (Lipinski definition) is 5. The van der Waals surface area contributed by atoms with Crippen LogP contribution in [-0.2, 0) is 21.4 Å². The Labute approximate surface area is 188 Å². The van der Waals surface area contributed by atoms with Crippen LogP contribution in [-0.4, -0.2) is 34.6 Å². The average molecular weight is 457 g/mol. The van der Waals surface area contributed by atoms with Gasteiger partial charge in [-0.05, 0) is 46.5 Å². The summed E-state index contributed by atoms with van der Waals surface area (Å²) in [6, 6.07) is 16.8. The molecule has 1 atom stereocenters. The van der Waals surface area contributed by atoms with Crippen LogP contribution in [0.15, 0.2) is 65.6 Å². The minimum atomic E-state index is -3.89. The Bertz CT molecular complexity index is 1210. The molecule has 3 rings (SSSR count). The number of fused-ring (bicyclic) bond motifs is 1. The van der Waals surface area contributed by atoms with Crippen LogP contribution in [0.2, 0.25) is 0 Å². The zero-order valence-corrected chi connectivity index (χ0v) is 19.4. The highest BCUT2D eigenvalue weighted by Gasteiger charge is 2.28. The number of nitrogens with one attached hydrogen (secondary N) is 2. The maximum Gasteiger partial charge on any atom is 0.241 e. The van der Waals surface area contributed by atoms with Crippen molar-refractivity contribution in [1.82, 2.24) is 10.0 Å². The van der Waals surface area contributed by atoms with Gasteiger partial charge in [0.1, 0.15) is 6.04 Å². The van der Waals surface area contributed by atoms with E-state index in [4.69, 9.17) is 9.47 Å². The van der Waals surface area contributed by atoms with E-state index < -0.39 is 22.0 Å². The van der Waals surface area contributed by atoms with Crippen LogP contribution in [0.1, 0.15) is 19.4 Å². The highest BCUT2D eigenvalue weighted by molar-refractivity contribution is 7.89. The fourth-order valence-electron chi connectivity index (χ4n) is 3.35. The lowest BCUT2D eigenvalue weighted by Crippen LogP contribution is -2.49. The fourth-order valence-corrected chi connectivity index (χ4v) is 4.73. The molecule has 0 aliphatic heterocycles. The van der Waals surface area contributed by atoms with Crippen molar-refractivity contribution in [2.75, 3.05) is 14.2 Å². The van der Waals surface area contributed by atoms with E-state index in [9.17, 15) is 13.2 Å². The van der Waals surface area contributed by atoms with Crippen LogP contribution in [0.5, 0.6) is 11.5 Å². The molecule has 0 unspecified atom stereocenters. The Morgan fingerprint density at radius 1 is 0.906 bits per heavy atom. The Hall–Kier alpha value is -3.10. The molecule has 170 valence electrons. The van der Waals surface area contributed by atoms with E-state index in [1.807, 2.05) is 30.3 Å². The highest BCUT2D eigenvalue weighted by Crippen LogP contribution is 2.27. The maximum atomic E-state index is 13.0. The third-order valence-corrected chi connectivity index (χ3v) is 6.62. The molecule has 0 aliphatic carbocycles. The largest absolute Gasteiger partial charge is 0.493 e. The van der Waals surface area contributed by atoms with Gasteiger partial charge >= 0.3 is 0 Å². The van der Waals surface area contributed by atoms with Crippen LogP contribution >= 0.6 is 0 Å². The van der Waals surface area contributed by atoms with E-state index in [1.54, 1.807) is 51.3 Å². The van der Waals surface area contributed by atoms with Gasteiger partial charge in [-0.2, -0.15) is 4.72 Å². The predicted molar refractivity (Wildman–Crippen MR) is 124 cm³/mol. The zero-order valence-electron chi connectivity index (χ0n) is 18.6. The van der Waals surface area contributed by atoms with Gasteiger partial charge in [-0.3, -0.25) is 4.79 Å². The number of amides is 1. The second-order valence-corrected chi connectivity index (χ2v) is 9.47. The lowest BCUT2D eigenvalue weighted by Gasteiger charge is -2.22. The van der Waals surface area contributed by atoms with Gasteiger partial charge in [0.05, 0.1) is 19.1 Å². The third-order valence-electron chi connectivity index (χ3n) is 5.18. The molecule has 0 heterocycles. The van der Waals surface area contributed by atoms with Gasteiger partial charge < -0.3 is 14.8 Å². The van der Waals surface area contributed by atoms with Crippen LogP contribution in [0.4, 0.5) is 0 Å². The molecule has 0 aromatic heterocycles. The number of hydrogen-bond donors (Lipinski definition) is 2. The molecule has 3 aromatic carbocycles. The Morgan fingerprint density at radius 2 is 1.59 bits per heavy atom. The second kappa shape index (κ2) is 10.0. The summed E-state index contributed by atoms with van der Waals surface area (Å²) in [6.45, 7) is 3.81. The molecule has 8 heteroatoms. The lowest BCUT2D eigenvalue weighted by molar-refractivity contribution is -0.123. The van der Waals surface area contributed by atoms with Crippen molar-refractivity contribution in [3.05, 3.63) is 66.2 Å². The van der Waals surface area contributed by atoms with Crippen LogP contribution < -0.4 is 19.5 Å². The molecule has 3 aromatic rings. The molecule has 0 saturated heterocycles. The lowest BCUT2D eigenvalue weighted by atomic mass is 10.0. The quantitative estimate of drug-likeness (QED) is 0.514. The molecule has 0 saturated carbocycles. The Morgan fingerprint density at radius 3 is 2.25 bits per heavy atom. The van der Waals surface area contributed by atoms with E-state index in [-0.39, 0.29) is 17.4 Å². The molecule has 0 spiro atoms. The van der Waals surface area contributed by atoms with Crippen molar-refractivity contribution >= 4 is 26.7 Å². The van der Waals surface area contributed by atoms with Crippen molar-refractivity contribution < 1.29 is 22.7 Å². The summed E-state index contributed by atoms with van der Waals surface area (Å²) in [4.78, 5) is 13.0. The number of sulfonamides is 1. The Kier molecular flexibility index (Phi) is 7.37. The molecule has 0 bridgehead atoms. The van der Waals surface area contributed by atoms with Crippen molar-refractivity contribution in [2.24, 2.45) is 5.92 Å². The van der Waals surface area contributed by atoms with Gasteiger partial charge in [0.2, 0.25) is 15.9 Å². The highest BCUT2D eigenvalue weighted by atomic mass is 32.2. The molecule has 1 amide bonds. The first-order chi connectivity index (χ1) is 15.2. The summed E-state index contributed by atoms with van der Waals surface area (Å²) in [5, 5.41) is 4.57. The maximum absolute atomic E-state index is 13.0. The Balaban J connectivity index is 1.74.